The highest BCUT2D eigenvalue weighted by atomic mass is 79.9. The lowest BCUT2D eigenvalue weighted by molar-refractivity contribution is 0.182. The van der Waals surface area contributed by atoms with Crippen molar-refractivity contribution in [3.8, 4) is 0 Å². The maximum atomic E-state index is 7.13. The molecule has 136 valence electrons. The van der Waals surface area contributed by atoms with Gasteiger partial charge >= 0.3 is 0 Å². The molecule has 0 heterocycles. The highest BCUT2D eigenvalue weighted by Crippen LogP contribution is 2.38. The molecule has 0 aliphatic carbocycles. The summed E-state index contributed by atoms with van der Waals surface area (Å²) in [7, 11) is -2.43. The molecule has 0 unspecified atom stereocenters. The first kappa shape index (κ1) is 20.9. The largest absolute Gasteiger partial charge is 0.404 e. The zero-order valence-electron chi connectivity index (χ0n) is 15.3. The van der Waals surface area contributed by atoms with E-state index in [0.717, 1.165) is 23.5 Å². The molecule has 1 nitrogen and oxygen atoms in total. The van der Waals surface area contributed by atoms with Gasteiger partial charge in [-0.1, -0.05) is 113 Å². The van der Waals surface area contributed by atoms with Crippen LogP contribution in [0, 0.1) is 0 Å². The molecule has 0 aliphatic rings. The maximum Gasteiger partial charge on any atom is 0.261 e. The average Bonchev–Trinajstić information content (AvgIpc) is 2.60. The monoisotopic (exact) mass is 482 g/mol. The Balaban J connectivity index is 2.63. The van der Waals surface area contributed by atoms with Crippen LogP contribution in [0.2, 0.25) is 5.04 Å². The molecule has 0 aromatic heterocycles. The highest BCUT2D eigenvalue weighted by molar-refractivity contribution is 9.09. The Labute approximate surface area is 170 Å². The first-order valence-corrected chi connectivity index (χ1v) is 13.0. The van der Waals surface area contributed by atoms with Gasteiger partial charge in [-0.05, 0) is 28.3 Å². The van der Waals surface area contributed by atoms with Crippen LogP contribution >= 0.6 is 31.9 Å². The molecule has 0 fully saturated rings. The van der Waals surface area contributed by atoms with Crippen LogP contribution in [0.25, 0.3) is 0 Å². The van der Waals surface area contributed by atoms with Crippen LogP contribution in [0.15, 0.2) is 60.7 Å². The zero-order chi connectivity index (χ0) is 18.3. The molecule has 4 heteroatoms. The van der Waals surface area contributed by atoms with E-state index in [4.69, 9.17) is 4.43 Å². The van der Waals surface area contributed by atoms with Gasteiger partial charge in [-0.3, -0.25) is 0 Å². The Morgan fingerprint density at radius 1 is 0.800 bits per heavy atom. The molecule has 0 bridgehead atoms. The molecule has 0 amide bonds. The first-order valence-electron chi connectivity index (χ1n) is 8.86. The van der Waals surface area contributed by atoms with E-state index >= 15 is 0 Å². The number of hydrogen-bond acceptors (Lipinski definition) is 1. The molecular weight excluding hydrogens is 456 g/mol. The Bertz CT molecular complexity index is 580. The Morgan fingerprint density at radius 3 is 1.52 bits per heavy atom. The quantitative estimate of drug-likeness (QED) is 0.355. The minimum absolute atomic E-state index is 0.0343. The molecule has 2 rings (SSSR count). The molecule has 25 heavy (non-hydrogen) atoms. The molecular formula is C21H28Br2OSi. The van der Waals surface area contributed by atoms with E-state index in [1.807, 2.05) is 0 Å². The van der Waals surface area contributed by atoms with Crippen molar-refractivity contribution in [3.05, 3.63) is 60.7 Å². The van der Waals surface area contributed by atoms with Crippen LogP contribution in [0.4, 0.5) is 0 Å². The van der Waals surface area contributed by atoms with E-state index in [9.17, 15) is 0 Å². The molecule has 0 saturated carbocycles. The second-order valence-corrected chi connectivity index (χ2v) is 13.2. The van der Waals surface area contributed by atoms with Crippen molar-refractivity contribution in [2.75, 3.05) is 10.7 Å². The lowest BCUT2D eigenvalue weighted by atomic mass is 10.2. The van der Waals surface area contributed by atoms with Gasteiger partial charge in [-0.25, -0.2) is 0 Å². The van der Waals surface area contributed by atoms with Crippen LogP contribution in [0.3, 0.4) is 0 Å². The van der Waals surface area contributed by atoms with Crippen LogP contribution < -0.4 is 10.4 Å². The summed E-state index contributed by atoms with van der Waals surface area (Å²) >= 11 is 7.22. The van der Waals surface area contributed by atoms with Crippen molar-refractivity contribution in [1.82, 2.24) is 0 Å². The lowest BCUT2D eigenvalue weighted by Gasteiger charge is -2.45. The summed E-state index contributed by atoms with van der Waals surface area (Å²) in [6, 6.07) is 21.7. The van der Waals surface area contributed by atoms with Gasteiger partial charge in [0.25, 0.3) is 8.32 Å². The Hall–Kier alpha value is -0.423. The van der Waals surface area contributed by atoms with E-state index in [1.54, 1.807) is 0 Å². The van der Waals surface area contributed by atoms with E-state index in [1.165, 1.54) is 10.4 Å². The van der Waals surface area contributed by atoms with Crippen molar-refractivity contribution < 1.29 is 4.43 Å². The summed E-state index contributed by atoms with van der Waals surface area (Å²) in [5.74, 6) is 0. The zero-order valence-corrected chi connectivity index (χ0v) is 19.5. The summed E-state index contributed by atoms with van der Waals surface area (Å²) in [5.41, 5.74) is 0. The van der Waals surface area contributed by atoms with Gasteiger partial charge in [-0.15, -0.1) is 0 Å². The van der Waals surface area contributed by atoms with Gasteiger partial charge < -0.3 is 4.43 Å². The molecule has 2 aromatic rings. The van der Waals surface area contributed by atoms with E-state index in [-0.39, 0.29) is 11.1 Å². The molecule has 0 N–H and O–H groups in total. The van der Waals surface area contributed by atoms with Crippen molar-refractivity contribution in [2.45, 2.75) is 44.8 Å². The summed E-state index contributed by atoms with van der Waals surface area (Å²) in [5, 5.41) is 4.66. The first-order chi connectivity index (χ1) is 12.0. The minimum Gasteiger partial charge on any atom is -0.404 e. The van der Waals surface area contributed by atoms with Crippen molar-refractivity contribution in [1.29, 1.82) is 0 Å². The van der Waals surface area contributed by atoms with Crippen molar-refractivity contribution >= 4 is 50.6 Å². The van der Waals surface area contributed by atoms with Crippen LogP contribution in [-0.2, 0) is 4.43 Å². The molecule has 0 saturated heterocycles. The molecule has 2 aromatic carbocycles. The number of benzene rings is 2. The number of alkyl halides is 2. The highest BCUT2D eigenvalue weighted by Gasteiger charge is 2.51. The summed E-state index contributed by atoms with van der Waals surface area (Å²) in [4.78, 5) is 0. The number of halogens is 2. The third-order valence-corrected chi connectivity index (χ3v) is 10.6. The fourth-order valence-electron chi connectivity index (χ4n) is 3.45. The topological polar surface area (TPSA) is 9.23 Å². The molecule has 0 radical (unpaired) electrons. The summed E-state index contributed by atoms with van der Waals surface area (Å²) < 4.78 is 7.13. The van der Waals surface area contributed by atoms with E-state index in [0.29, 0.717) is 0 Å². The second-order valence-electron chi connectivity index (χ2n) is 7.36. The van der Waals surface area contributed by atoms with Crippen LogP contribution in [-0.4, -0.2) is 25.1 Å². The third kappa shape index (κ3) is 4.85. The third-order valence-electron chi connectivity index (χ3n) is 4.62. The van der Waals surface area contributed by atoms with E-state index < -0.39 is 8.32 Å². The predicted octanol–water partition coefficient (Wildman–Crippen LogP) is 5.50. The number of hydrogen-bond donors (Lipinski definition) is 0. The van der Waals surface area contributed by atoms with Gasteiger partial charge in [0, 0.05) is 16.8 Å². The lowest BCUT2D eigenvalue weighted by Crippen LogP contribution is -2.67. The summed E-state index contributed by atoms with van der Waals surface area (Å²) in [6.45, 7) is 7.00. The number of rotatable bonds is 8. The predicted molar refractivity (Wildman–Crippen MR) is 119 cm³/mol. The minimum atomic E-state index is -2.43. The molecule has 0 atom stereocenters. The maximum absolute atomic E-state index is 7.13. The Kier molecular flexibility index (Phi) is 7.93. The smallest absolute Gasteiger partial charge is 0.261 e. The Morgan fingerprint density at radius 2 is 1.20 bits per heavy atom. The van der Waals surface area contributed by atoms with E-state index in [2.05, 4.69) is 113 Å². The molecule has 0 aliphatic heterocycles. The van der Waals surface area contributed by atoms with Crippen molar-refractivity contribution in [2.24, 2.45) is 0 Å². The van der Waals surface area contributed by atoms with Crippen LogP contribution in [0.1, 0.15) is 33.6 Å². The van der Waals surface area contributed by atoms with Gasteiger partial charge in [0.05, 0.1) is 0 Å². The standard InChI is InChI=1S/C21H28Br2OSi/c1-21(2,3)25(19-10-6-4-7-11-19,20-12-8-5-9-13-20)24-18(14-16-22)15-17-23/h4-13,18H,14-17H2,1-3H3. The average molecular weight is 484 g/mol. The SMILES string of the molecule is CC(C)(C)[Si](OC(CCBr)CCBr)(c1ccccc1)c1ccccc1. The van der Waals surface area contributed by atoms with Gasteiger partial charge in [0.1, 0.15) is 0 Å². The van der Waals surface area contributed by atoms with Crippen LogP contribution in [0.5, 0.6) is 0 Å². The van der Waals surface area contributed by atoms with Gasteiger partial charge in [0.2, 0.25) is 0 Å². The van der Waals surface area contributed by atoms with Crippen molar-refractivity contribution in [3.63, 3.8) is 0 Å². The van der Waals surface area contributed by atoms with Gasteiger partial charge in [-0.2, -0.15) is 0 Å². The fraction of sp³-hybridized carbons (Fsp3) is 0.429. The second kappa shape index (κ2) is 9.49. The normalized spacial score (nSPS) is 12.6. The fourth-order valence-corrected chi connectivity index (χ4v) is 9.22. The summed E-state index contributed by atoms with van der Waals surface area (Å²) in [6.07, 6.45) is 2.29. The molecule has 0 spiro atoms. The van der Waals surface area contributed by atoms with Gasteiger partial charge in [0.15, 0.2) is 0 Å².